The van der Waals surface area contributed by atoms with Crippen molar-refractivity contribution < 1.29 is 0 Å². The molecule has 0 saturated carbocycles. The summed E-state index contributed by atoms with van der Waals surface area (Å²) in [6.07, 6.45) is 2.18. The summed E-state index contributed by atoms with van der Waals surface area (Å²) in [4.78, 5) is 0. The quantitative estimate of drug-likeness (QED) is 0.899. The number of hydrogen-bond acceptors (Lipinski definition) is 4. The highest BCUT2D eigenvalue weighted by Gasteiger charge is 2.13. The topological polar surface area (TPSA) is 37.8 Å². The lowest BCUT2D eigenvalue weighted by atomic mass is 9.99. The summed E-state index contributed by atoms with van der Waals surface area (Å²) in [6.45, 7) is 4.01. The van der Waals surface area contributed by atoms with E-state index in [1.165, 1.54) is 11.1 Å². The van der Waals surface area contributed by atoms with Crippen molar-refractivity contribution in [2.24, 2.45) is 0 Å². The van der Waals surface area contributed by atoms with Crippen molar-refractivity contribution in [1.82, 2.24) is 15.5 Å². The highest BCUT2D eigenvalue weighted by molar-refractivity contribution is 7.07. The third-order valence-corrected chi connectivity index (χ3v) is 3.90. The number of nitrogens with zero attached hydrogens (tertiary/aromatic N) is 2. The van der Waals surface area contributed by atoms with Crippen LogP contribution in [0.3, 0.4) is 0 Å². The Labute approximate surface area is 112 Å². The smallest absolute Gasteiger partial charge is 0.0648 e. The fourth-order valence-electron chi connectivity index (χ4n) is 2.12. The molecule has 1 unspecified atom stereocenters. The molecular formula is C14H19N3S. The Morgan fingerprint density at radius 3 is 2.83 bits per heavy atom. The van der Waals surface area contributed by atoms with Gasteiger partial charge in [-0.1, -0.05) is 0 Å². The average molecular weight is 261 g/mol. The molecule has 96 valence electrons. The van der Waals surface area contributed by atoms with Crippen LogP contribution >= 0.6 is 11.3 Å². The van der Waals surface area contributed by atoms with E-state index in [9.17, 15) is 0 Å². The first kappa shape index (κ1) is 13.2. The fourth-order valence-corrected chi connectivity index (χ4v) is 2.83. The lowest BCUT2D eigenvalue weighted by Gasteiger charge is -2.18. The van der Waals surface area contributed by atoms with Crippen LogP contribution in [0.25, 0.3) is 0 Å². The van der Waals surface area contributed by atoms with Gasteiger partial charge < -0.3 is 5.32 Å². The Balaban J connectivity index is 2.10. The predicted octanol–water partition coefficient (Wildman–Crippen LogP) is 3.05. The molecule has 2 aromatic heterocycles. The van der Waals surface area contributed by atoms with Gasteiger partial charge in [0.05, 0.1) is 11.4 Å². The lowest BCUT2D eigenvalue weighted by Crippen LogP contribution is -2.19. The molecule has 3 nitrogen and oxygen atoms in total. The zero-order valence-electron chi connectivity index (χ0n) is 11.1. The van der Waals surface area contributed by atoms with Crippen LogP contribution < -0.4 is 5.32 Å². The van der Waals surface area contributed by atoms with Crippen molar-refractivity contribution in [1.29, 1.82) is 0 Å². The molecule has 0 saturated heterocycles. The van der Waals surface area contributed by atoms with Crippen LogP contribution in [0.2, 0.25) is 0 Å². The molecule has 0 spiro atoms. The summed E-state index contributed by atoms with van der Waals surface area (Å²) >= 11 is 1.76. The van der Waals surface area contributed by atoms with Gasteiger partial charge in [0.25, 0.3) is 0 Å². The van der Waals surface area contributed by atoms with Crippen LogP contribution in [-0.4, -0.2) is 17.2 Å². The van der Waals surface area contributed by atoms with Crippen LogP contribution in [0.5, 0.6) is 0 Å². The molecule has 2 aromatic rings. The van der Waals surface area contributed by atoms with Crippen molar-refractivity contribution in [2.45, 2.75) is 32.7 Å². The second kappa shape index (κ2) is 6.07. The van der Waals surface area contributed by atoms with Gasteiger partial charge in [-0.3, -0.25) is 0 Å². The highest BCUT2D eigenvalue weighted by atomic mass is 32.1. The van der Waals surface area contributed by atoms with Gasteiger partial charge in [0, 0.05) is 6.04 Å². The van der Waals surface area contributed by atoms with Gasteiger partial charge in [0.15, 0.2) is 0 Å². The Hall–Kier alpha value is -1.26. The highest BCUT2D eigenvalue weighted by Crippen LogP contribution is 2.22. The summed E-state index contributed by atoms with van der Waals surface area (Å²) in [5, 5.41) is 16.0. The average Bonchev–Trinajstić information content (AvgIpc) is 2.87. The number of aryl methyl sites for hydroxylation is 3. The summed E-state index contributed by atoms with van der Waals surface area (Å²) in [7, 11) is 2.01. The molecule has 0 aromatic carbocycles. The van der Waals surface area contributed by atoms with Crippen molar-refractivity contribution in [3.05, 3.63) is 45.4 Å². The molecule has 0 aliphatic carbocycles. The number of hydrogen-bond donors (Lipinski definition) is 1. The summed E-state index contributed by atoms with van der Waals surface area (Å²) < 4.78 is 0. The van der Waals surface area contributed by atoms with E-state index in [2.05, 4.69) is 38.4 Å². The Kier molecular flexibility index (Phi) is 4.44. The molecule has 1 atom stereocenters. The third-order valence-electron chi connectivity index (χ3n) is 3.17. The number of thiophene rings is 1. The van der Waals surface area contributed by atoms with Crippen molar-refractivity contribution in [3.8, 4) is 0 Å². The van der Waals surface area contributed by atoms with Gasteiger partial charge in [-0.2, -0.15) is 21.5 Å². The van der Waals surface area contributed by atoms with E-state index in [4.69, 9.17) is 0 Å². The van der Waals surface area contributed by atoms with Crippen LogP contribution in [-0.2, 0) is 6.42 Å². The van der Waals surface area contributed by atoms with E-state index >= 15 is 0 Å². The Morgan fingerprint density at radius 1 is 1.33 bits per heavy atom. The van der Waals surface area contributed by atoms with Gasteiger partial charge in [0.2, 0.25) is 0 Å². The van der Waals surface area contributed by atoms with E-state index in [0.717, 1.165) is 24.2 Å². The summed E-state index contributed by atoms with van der Waals surface area (Å²) in [5.74, 6) is 0. The normalized spacial score (nSPS) is 12.6. The first-order valence-electron chi connectivity index (χ1n) is 6.20. The molecule has 0 amide bonds. The molecule has 0 radical (unpaired) electrons. The molecule has 0 aliphatic heterocycles. The molecule has 0 aliphatic rings. The zero-order chi connectivity index (χ0) is 13.0. The van der Waals surface area contributed by atoms with Crippen molar-refractivity contribution >= 4 is 11.3 Å². The molecular weight excluding hydrogens is 242 g/mol. The lowest BCUT2D eigenvalue weighted by molar-refractivity contribution is 0.542. The van der Waals surface area contributed by atoms with Gasteiger partial charge in [-0.25, -0.2) is 0 Å². The molecule has 2 rings (SSSR count). The first-order valence-corrected chi connectivity index (χ1v) is 7.14. The number of rotatable bonds is 5. The largest absolute Gasteiger partial charge is 0.313 e. The van der Waals surface area contributed by atoms with Crippen LogP contribution in [0.15, 0.2) is 22.9 Å². The van der Waals surface area contributed by atoms with E-state index in [1.807, 2.05) is 20.9 Å². The second-order valence-electron chi connectivity index (χ2n) is 4.54. The predicted molar refractivity (Wildman–Crippen MR) is 75.9 cm³/mol. The minimum Gasteiger partial charge on any atom is -0.313 e. The maximum absolute atomic E-state index is 4.20. The molecule has 4 heteroatoms. The van der Waals surface area contributed by atoms with Crippen molar-refractivity contribution in [2.75, 3.05) is 7.05 Å². The van der Waals surface area contributed by atoms with E-state index in [1.54, 1.807) is 11.3 Å². The van der Waals surface area contributed by atoms with Crippen LogP contribution in [0.1, 0.15) is 35.0 Å². The van der Waals surface area contributed by atoms with Gasteiger partial charge in [-0.15, -0.1) is 0 Å². The van der Waals surface area contributed by atoms with Gasteiger partial charge >= 0.3 is 0 Å². The van der Waals surface area contributed by atoms with Crippen LogP contribution in [0, 0.1) is 13.8 Å². The SMILES string of the molecule is CNC(CCc1ccsc1)c1cc(C)nnc1C. The van der Waals surface area contributed by atoms with E-state index in [0.29, 0.717) is 6.04 Å². The minimum atomic E-state index is 0.346. The molecule has 0 fully saturated rings. The zero-order valence-corrected chi connectivity index (χ0v) is 11.9. The standard InChI is InChI=1S/C14H19N3S/c1-10-8-13(11(2)17-16-10)14(15-3)5-4-12-6-7-18-9-12/h6-9,14-15H,4-5H2,1-3H3. The van der Waals surface area contributed by atoms with E-state index in [-0.39, 0.29) is 0 Å². The summed E-state index contributed by atoms with van der Waals surface area (Å²) in [6, 6.07) is 4.68. The molecule has 2 heterocycles. The Morgan fingerprint density at radius 2 is 2.17 bits per heavy atom. The first-order chi connectivity index (χ1) is 8.70. The number of aromatic nitrogens is 2. The summed E-state index contributed by atoms with van der Waals surface area (Å²) in [5.41, 5.74) is 4.67. The monoisotopic (exact) mass is 261 g/mol. The number of nitrogens with one attached hydrogen (secondary N) is 1. The molecule has 18 heavy (non-hydrogen) atoms. The second-order valence-corrected chi connectivity index (χ2v) is 5.32. The maximum atomic E-state index is 4.20. The molecule has 0 bridgehead atoms. The minimum absolute atomic E-state index is 0.346. The molecule has 1 N–H and O–H groups in total. The van der Waals surface area contributed by atoms with Crippen LogP contribution in [0.4, 0.5) is 0 Å². The van der Waals surface area contributed by atoms with Gasteiger partial charge in [-0.05, 0) is 67.8 Å². The fraction of sp³-hybridized carbons (Fsp3) is 0.429. The van der Waals surface area contributed by atoms with Crippen molar-refractivity contribution in [3.63, 3.8) is 0 Å². The Bertz CT molecular complexity index is 494. The third kappa shape index (κ3) is 3.15. The van der Waals surface area contributed by atoms with E-state index < -0.39 is 0 Å². The maximum Gasteiger partial charge on any atom is 0.0648 e. The van der Waals surface area contributed by atoms with Gasteiger partial charge in [0.1, 0.15) is 0 Å².